The molecule has 0 saturated heterocycles. The molecule has 0 amide bonds. The molecule has 0 aliphatic heterocycles. The molecule has 3 rings (SSSR count). The molecular formula is C12H8N2O2. The first-order valence-electron chi connectivity index (χ1n) is 4.86. The van der Waals surface area contributed by atoms with Crippen LogP contribution in [0.3, 0.4) is 0 Å². The number of carboxylic acid groups (broad SMARTS) is 1. The van der Waals surface area contributed by atoms with Crippen LogP contribution in [0.25, 0.3) is 21.8 Å². The molecule has 0 fully saturated rings. The minimum atomic E-state index is -0.988. The Morgan fingerprint density at radius 2 is 2.06 bits per heavy atom. The van der Waals surface area contributed by atoms with Gasteiger partial charge < -0.3 is 10.1 Å². The summed E-state index contributed by atoms with van der Waals surface area (Å²) in [4.78, 5) is 18.0. The number of pyridine rings is 1. The molecule has 0 aliphatic carbocycles. The van der Waals surface area contributed by atoms with Crippen LogP contribution in [0.15, 0.2) is 36.5 Å². The largest absolute Gasteiger partial charge is 0.477 e. The van der Waals surface area contributed by atoms with Gasteiger partial charge in [-0.15, -0.1) is 0 Å². The van der Waals surface area contributed by atoms with E-state index in [2.05, 4.69) is 9.97 Å². The van der Waals surface area contributed by atoms with E-state index in [0.717, 1.165) is 16.3 Å². The third kappa shape index (κ3) is 1.16. The Kier molecular flexibility index (Phi) is 1.71. The summed E-state index contributed by atoms with van der Waals surface area (Å²) >= 11 is 0. The highest BCUT2D eigenvalue weighted by Gasteiger charge is 2.12. The second kappa shape index (κ2) is 3.06. The molecule has 1 aromatic carbocycles. The first-order valence-corrected chi connectivity index (χ1v) is 4.86. The number of nitrogens with one attached hydrogen (secondary N) is 1. The molecule has 0 saturated carbocycles. The first kappa shape index (κ1) is 8.91. The van der Waals surface area contributed by atoms with Gasteiger partial charge in [0, 0.05) is 17.0 Å². The Labute approximate surface area is 90.5 Å². The minimum Gasteiger partial charge on any atom is -0.477 e. The topological polar surface area (TPSA) is 66.0 Å². The fraction of sp³-hybridized carbons (Fsp3) is 0. The Morgan fingerprint density at radius 1 is 1.25 bits per heavy atom. The van der Waals surface area contributed by atoms with Gasteiger partial charge in [0.15, 0.2) is 5.69 Å². The minimum absolute atomic E-state index is 0.140. The van der Waals surface area contributed by atoms with Crippen molar-refractivity contribution in [2.75, 3.05) is 0 Å². The van der Waals surface area contributed by atoms with Crippen LogP contribution in [0.5, 0.6) is 0 Å². The van der Waals surface area contributed by atoms with Gasteiger partial charge in [-0.25, -0.2) is 9.78 Å². The number of para-hydroxylation sites is 1. The van der Waals surface area contributed by atoms with Gasteiger partial charge >= 0.3 is 5.97 Å². The highest BCUT2D eigenvalue weighted by Crippen LogP contribution is 2.21. The molecule has 0 unspecified atom stereocenters. The zero-order valence-electron chi connectivity index (χ0n) is 8.27. The lowest BCUT2D eigenvalue weighted by Gasteiger charge is -1.97. The van der Waals surface area contributed by atoms with Crippen molar-refractivity contribution < 1.29 is 9.90 Å². The first-order chi connectivity index (χ1) is 7.75. The molecule has 2 aromatic heterocycles. The van der Waals surface area contributed by atoms with Crippen LogP contribution in [0.2, 0.25) is 0 Å². The van der Waals surface area contributed by atoms with Crippen molar-refractivity contribution in [3.8, 4) is 0 Å². The lowest BCUT2D eigenvalue weighted by molar-refractivity contribution is 0.0693. The van der Waals surface area contributed by atoms with E-state index in [4.69, 9.17) is 5.11 Å². The van der Waals surface area contributed by atoms with Gasteiger partial charge in [0.1, 0.15) is 5.52 Å². The third-order valence-electron chi connectivity index (χ3n) is 2.58. The van der Waals surface area contributed by atoms with E-state index in [-0.39, 0.29) is 5.69 Å². The van der Waals surface area contributed by atoms with Crippen LogP contribution >= 0.6 is 0 Å². The predicted octanol–water partition coefficient (Wildman–Crippen LogP) is 2.41. The van der Waals surface area contributed by atoms with Gasteiger partial charge in [-0.1, -0.05) is 18.2 Å². The molecule has 0 bridgehead atoms. The number of aromatic amines is 1. The zero-order chi connectivity index (χ0) is 11.1. The number of nitrogens with zero attached hydrogens (tertiary/aromatic N) is 1. The fourth-order valence-corrected chi connectivity index (χ4v) is 1.82. The summed E-state index contributed by atoms with van der Waals surface area (Å²) in [5, 5.41) is 10.8. The van der Waals surface area contributed by atoms with Crippen LogP contribution in [0, 0.1) is 0 Å². The van der Waals surface area contributed by atoms with E-state index in [1.165, 1.54) is 0 Å². The monoisotopic (exact) mass is 212 g/mol. The van der Waals surface area contributed by atoms with Crippen molar-refractivity contribution >= 4 is 27.8 Å². The Balaban J connectivity index is 2.45. The molecule has 2 N–H and O–H groups in total. The molecule has 3 aromatic rings. The predicted molar refractivity (Wildman–Crippen MR) is 60.6 cm³/mol. The maximum atomic E-state index is 10.9. The Hall–Kier alpha value is -2.36. The summed E-state index contributed by atoms with van der Waals surface area (Å²) in [6.07, 6.45) is 1.66. The Bertz CT molecular complexity index is 700. The standard InChI is InChI=1S/C12H8N2O2/c15-12(16)11-10-8(6-13-11)5-7-3-1-2-4-9(7)14-10/h1-6,13H,(H,15,16). The van der Waals surface area contributed by atoms with Gasteiger partial charge in [-0.2, -0.15) is 0 Å². The zero-order valence-corrected chi connectivity index (χ0v) is 8.27. The summed E-state index contributed by atoms with van der Waals surface area (Å²) in [6, 6.07) is 9.57. The molecule has 78 valence electrons. The third-order valence-corrected chi connectivity index (χ3v) is 2.58. The second-order valence-corrected chi connectivity index (χ2v) is 3.59. The molecule has 0 radical (unpaired) electrons. The molecule has 4 nitrogen and oxygen atoms in total. The van der Waals surface area contributed by atoms with Crippen LogP contribution in [0.1, 0.15) is 10.5 Å². The molecular weight excluding hydrogens is 204 g/mol. The maximum Gasteiger partial charge on any atom is 0.354 e. The number of carboxylic acids is 1. The summed E-state index contributed by atoms with van der Waals surface area (Å²) in [6.45, 7) is 0. The number of rotatable bonds is 1. The number of aromatic nitrogens is 2. The van der Waals surface area contributed by atoms with E-state index in [9.17, 15) is 4.79 Å². The van der Waals surface area contributed by atoms with Crippen LogP contribution in [-0.4, -0.2) is 21.0 Å². The van der Waals surface area contributed by atoms with E-state index in [1.54, 1.807) is 6.20 Å². The van der Waals surface area contributed by atoms with Gasteiger partial charge in [0.05, 0.1) is 5.52 Å². The van der Waals surface area contributed by atoms with Crippen molar-refractivity contribution in [2.24, 2.45) is 0 Å². The molecule has 2 heterocycles. The number of H-pyrrole nitrogens is 1. The summed E-state index contributed by atoms with van der Waals surface area (Å²) in [5.41, 5.74) is 1.45. The van der Waals surface area contributed by atoms with Crippen LogP contribution in [-0.2, 0) is 0 Å². The highest BCUT2D eigenvalue weighted by atomic mass is 16.4. The number of aromatic carboxylic acids is 1. The van der Waals surface area contributed by atoms with Crippen molar-refractivity contribution in [1.29, 1.82) is 0 Å². The number of hydrogen-bond donors (Lipinski definition) is 2. The van der Waals surface area contributed by atoms with E-state index in [1.807, 2.05) is 30.3 Å². The maximum absolute atomic E-state index is 10.9. The SMILES string of the molecule is O=C(O)c1[nH]cc2cc3ccccc3nc12. The quantitative estimate of drug-likeness (QED) is 0.651. The van der Waals surface area contributed by atoms with E-state index in [0.29, 0.717) is 5.52 Å². The smallest absolute Gasteiger partial charge is 0.354 e. The average Bonchev–Trinajstić information content (AvgIpc) is 2.68. The van der Waals surface area contributed by atoms with Gasteiger partial charge in [0.2, 0.25) is 0 Å². The number of hydrogen-bond acceptors (Lipinski definition) is 2. The summed E-state index contributed by atoms with van der Waals surface area (Å²) in [5.74, 6) is -0.988. The summed E-state index contributed by atoms with van der Waals surface area (Å²) < 4.78 is 0. The fourth-order valence-electron chi connectivity index (χ4n) is 1.82. The van der Waals surface area contributed by atoms with Crippen molar-refractivity contribution in [1.82, 2.24) is 9.97 Å². The molecule has 0 spiro atoms. The Morgan fingerprint density at radius 3 is 2.88 bits per heavy atom. The number of benzene rings is 1. The molecule has 0 atom stereocenters. The second-order valence-electron chi connectivity index (χ2n) is 3.59. The number of fused-ring (bicyclic) bond motifs is 2. The molecule has 16 heavy (non-hydrogen) atoms. The molecule has 4 heteroatoms. The van der Waals surface area contributed by atoms with Crippen molar-refractivity contribution in [3.05, 3.63) is 42.2 Å². The average molecular weight is 212 g/mol. The number of carbonyl (C=O) groups is 1. The normalized spacial score (nSPS) is 11.0. The highest BCUT2D eigenvalue weighted by molar-refractivity contribution is 6.04. The van der Waals surface area contributed by atoms with Crippen molar-refractivity contribution in [2.45, 2.75) is 0 Å². The summed E-state index contributed by atoms with van der Waals surface area (Å²) in [7, 11) is 0. The van der Waals surface area contributed by atoms with Crippen LogP contribution < -0.4 is 0 Å². The van der Waals surface area contributed by atoms with E-state index >= 15 is 0 Å². The lowest BCUT2D eigenvalue weighted by Crippen LogP contribution is -1.97. The molecule has 0 aliphatic rings. The van der Waals surface area contributed by atoms with Gasteiger partial charge in [-0.05, 0) is 12.1 Å². The lowest BCUT2D eigenvalue weighted by atomic mass is 10.2. The van der Waals surface area contributed by atoms with Gasteiger partial charge in [-0.3, -0.25) is 0 Å². The van der Waals surface area contributed by atoms with E-state index < -0.39 is 5.97 Å². The van der Waals surface area contributed by atoms with Crippen LogP contribution in [0.4, 0.5) is 0 Å². The van der Waals surface area contributed by atoms with Crippen molar-refractivity contribution in [3.63, 3.8) is 0 Å². The van der Waals surface area contributed by atoms with Gasteiger partial charge in [0.25, 0.3) is 0 Å².